The van der Waals surface area contributed by atoms with E-state index >= 15 is 0 Å². The van der Waals surface area contributed by atoms with Crippen LogP contribution in [0.5, 0.6) is 5.75 Å². The van der Waals surface area contributed by atoms with Crippen molar-refractivity contribution >= 4 is 27.7 Å². The minimum Gasteiger partial charge on any atom is -0.484 e. The second-order valence-corrected chi connectivity index (χ2v) is 8.77. The molecule has 1 atom stereocenters. The molecule has 0 heterocycles. The number of hydrogen-bond acceptors (Lipinski definition) is 3. The van der Waals surface area contributed by atoms with Gasteiger partial charge in [-0.15, -0.1) is 0 Å². The molecule has 7 heteroatoms. The summed E-state index contributed by atoms with van der Waals surface area (Å²) in [4.78, 5) is 28.0. The fourth-order valence-corrected chi connectivity index (χ4v) is 3.75. The lowest BCUT2D eigenvalue weighted by molar-refractivity contribution is -0.142. The second kappa shape index (κ2) is 12.9. The van der Waals surface area contributed by atoms with Gasteiger partial charge in [0.05, 0.1) is 0 Å². The molecule has 0 aliphatic rings. The van der Waals surface area contributed by atoms with Crippen LogP contribution in [0.2, 0.25) is 0 Å². The van der Waals surface area contributed by atoms with Gasteiger partial charge in [-0.3, -0.25) is 9.59 Å². The largest absolute Gasteiger partial charge is 0.484 e. The normalized spacial score (nSPS) is 11.5. The average molecular weight is 527 g/mol. The summed E-state index contributed by atoms with van der Waals surface area (Å²) >= 11 is 3.37. The number of benzene rings is 3. The zero-order valence-corrected chi connectivity index (χ0v) is 20.6. The first-order valence-corrected chi connectivity index (χ1v) is 12.0. The van der Waals surface area contributed by atoms with Crippen molar-refractivity contribution in [3.8, 4) is 5.75 Å². The molecule has 0 spiro atoms. The lowest BCUT2D eigenvalue weighted by atomic mass is 10.0. The Labute approximate surface area is 208 Å². The number of nitrogens with zero attached hydrogens (tertiary/aromatic N) is 1. The summed E-state index contributed by atoms with van der Waals surface area (Å²) in [6, 6.07) is 22.0. The van der Waals surface area contributed by atoms with Gasteiger partial charge in [0.2, 0.25) is 5.91 Å². The molecule has 0 aromatic heterocycles. The Balaban J connectivity index is 1.89. The molecule has 3 aromatic carbocycles. The third-order valence-corrected chi connectivity index (χ3v) is 5.82. The van der Waals surface area contributed by atoms with E-state index in [0.29, 0.717) is 24.3 Å². The fraction of sp³-hybridized carbons (Fsp3) is 0.259. The molecule has 0 aliphatic carbocycles. The van der Waals surface area contributed by atoms with Crippen LogP contribution in [0.15, 0.2) is 83.3 Å². The van der Waals surface area contributed by atoms with Crippen LogP contribution in [-0.4, -0.2) is 35.9 Å². The fourth-order valence-electron chi connectivity index (χ4n) is 3.49. The van der Waals surface area contributed by atoms with Crippen molar-refractivity contribution in [2.45, 2.75) is 32.4 Å². The number of amides is 2. The Morgan fingerprint density at radius 3 is 2.35 bits per heavy atom. The highest BCUT2D eigenvalue weighted by Crippen LogP contribution is 2.19. The Morgan fingerprint density at radius 2 is 1.68 bits per heavy atom. The summed E-state index contributed by atoms with van der Waals surface area (Å²) in [5.74, 6) is -0.586. The van der Waals surface area contributed by atoms with Crippen LogP contribution in [0.3, 0.4) is 0 Å². The standard InChI is InChI=1S/C27H28BrFN2O3/c1-2-16-30-27(33)25(17-20-8-4-3-5-9-20)31(18-21-10-6-7-11-24(21)29)26(32)19-34-23-14-12-22(28)13-15-23/h3-15,25H,2,16-19H2,1H3,(H,30,33)/t25-/m0/s1. The summed E-state index contributed by atoms with van der Waals surface area (Å²) in [5.41, 5.74) is 1.24. The van der Waals surface area contributed by atoms with Gasteiger partial charge in [-0.2, -0.15) is 0 Å². The van der Waals surface area contributed by atoms with Gasteiger partial charge in [-0.05, 0) is 42.3 Å². The predicted molar refractivity (Wildman–Crippen MR) is 134 cm³/mol. The van der Waals surface area contributed by atoms with Crippen LogP contribution in [0, 0.1) is 5.82 Å². The maximum Gasteiger partial charge on any atom is 0.261 e. The number of carbonyl (C=O) groups is 2. The monoisotopic (exact) mass is 526 g/mol. The molecule has 3 rings (SSSR count). The summed E-state index contributed by atoms with van der Waals surface area (Å²) in [6.07, 6.45) is 1.06. The van der Waals surface area contributed by atoms with Gasteiger partial charge >= 0.3 is 0 Å². The van der Waals surface area contributed by atoms with Crippen LogP contribution in [0.4, 0.5) is 4.39 Å². The van der Waals surface area contributed by atoms with E-state index in [1.165, 1.54) is 11.0 Å². The Morgan fingerprint density at radius 1 is 1.00 bits per heavy atom. The predicted octanol–water partition coefficient (Wildman–Crippen LogP) is 5.13. The van der Waals surface area contributed by atoms with E-state index in [-0.39, 0.29) is 19.1 Å². The van der Waals surface area contributed by atoms with E-state index in [4.69, 9.17) is 4.74 Å². The maximum atomic E-state index is 14.5. The average Bonchev–Trinajstić information content (AvgIpc) is 2.85. The van der Waals surface area contributed by atoms with Crippen molar-refractivity contribution in [1.82, 2.24) is 10.2 Å². The highest BCUT2D eigenvalue weighted by molar-refractivity contribution is 9.10. The first kappa shape index (κ1) is 25.4. The quantitative estimate of drug-likeness (QED) is 0.376. The number of rotatable bonds is 11. The van der Waals surface area contributed by atoms with Crippen LogP contribution < -0.4 is 10.1 Å². The van der Waals surface area contributed by atoms with Crippen molar-refractivity contribution in [3.05, 3.63) is 100 Å². The molecule has 3 aromatic rings. The molecule has 0 fully saturated rings. The van der Waals surface area contributed by atoms with Crippen LogP contribution in [0.1, 0.15) is 24.5 Å². The van der Waals surface area contributed by atoms with Gasteiger partial charge in [0.25, 0.3) is 5.91 Å². The van der Waals surface area contributed by atoms with E-state index < -0.39 is 17.8 Å². The molecular formula is C27H28BrFN2O3. The van der Waals surface area contributed by atoms with Gasteiger partial charge < -0.3 is 15.0 Å². The summed E-state index contributed by atoms with van der Waals surface area (Å²) in [5, 5.41) is 2.90. The molecule has 34 heavy (non-hydrogen) atoms. The van der Waals surface area contributed by atoms with Gasteiger partial charge in [0.15, 0.2) is 6.61 Å². The number of ether oxygens (including phenoxy) is 1. The molecule has 5 nitrogen and oxygen atoms in total. The molecular weight excluding hydrogens is 499 g/mol. The van der Waals surface area contributed by atoms with E-state index in [2.05, 4.69) is 21.2 Å². The maximum absolute atomic E-state index is 14.5. The number of carbonyl (C=O) groups excluding carboxylic acids is 2. The minimum absolute atomic E-state index is 0.0494. The third-order valence-electron chi connectivity index (χ3n) is 5.29. The second-order valence-electron chi connectivity index (χ2n) is 7.85. The lowest BCUT2D eigenvalue weighted by Crippen LogP contribution is -2.51. The molecule has 0 radical (unpaired) electrons. The van der Waals surface area contributed by atoms with Gasteiger partial charge in [0.1, 0.15) is 17.6 Å². The van der Waals surface area contributed by atoms with E-state index in [0.717, 1.165) is 16.5 Å². The van der Waals surface area contributed by atoms with Gasteiger partial charge in [0, 0.05) is 29.5 Å². The number of nitrogens with one attached hydrogen (secondary N) is 1. The third kappa shape index (κ3) is 7.42. The molecule has 2 amide bonds. The zero-order chi connectivity index (χ0) is 24.3. The van der Waals surface area contributed by atoms with E-state index in [1.54, 1.807) is 30.3 Å². The van der Waals surface area contributed by atoms with Crippen molar-refractivity contribution in [1.29, 1.82) is 0 Å². The molecule has 0 saturated carbocycles. The lowest BCUT2D eigenvalue weighted by Gasteiger charge is -2.31. The van der Waals surface area contributed by atoms with Gasteiger partial charge in [-0.25, -0.2) is 4.39 Å². The Hall–Kier alpha value is -3.19. The van der Waals surface area contributed by atoms with Crippen molar-refractivity contribution in [2.75, 3.05) is 13.2 Å². The summed E-state index contributed by atoms with van der Waals surface area (Å²) < 4.78 is 21.1. The number of halogens is 2. The van der Waals surface area contributed by atoms with Crippen LogP contribution in [-0.2, 0) is 22.6 Å². The number of hydrogen-bond donors (Lipinski definition) is 1. The van der Waals surface area contributed by atoms with Crippen LogP contribution >= 0.6 is 15.9 Å². The van der Waals surface area contributed by atoms with E-state index in [9.17, 15) is 14.0 Å². The summed E-state index contributed by atoms with van der Waals surface area (Å²) in [6.45, 7) is 2.12. The smallest absolute Gasteiger partial charge is 0.261 e. The first-order chi connectivity index (χ1) is 16.5. The summed E-state index contributed by atoms with van der Waals surface area (Å²) in [7, 11) is 0. The molecule has 0 bridgehead atoms. The minimum atomic E-state index is -0.824. The first-order valence-electron chi connectivity index (χ1n) is 11.2. The highest BCUT2D eigenvalue weighted by atomic mass is 79.9. The van der Waals surface area contributed by atoms with Crippen LogP contribution in [0.25, 0.3) is 0 Å². The Kier molecular flexibility index (Phi) is 9.64. The van der Waals surface area contributed by atoms with Crippen molar-refractivity contribution < 1.29 is 18.7 Å². The topological polar surface area (TPSA) is 58.6 Å². The van der Waals surface area contributed by atoms with E-state index in [1.807, 2.05) is 49.4 Å². The van der Waals surface area contributed by atoms with Crippen molar-refractivity contribution in [2.24, 2.45) is 0 Å². The van der Waals surface area contributed by atoms with Gasteiger partial charge in [-0.1, -0.05) is 71.4 Å². The van der Waals surface area contributed by atoms with Crippen molar-refractivity contribution in [3.63, 3.8) is 0 Å². The molecule has 0 aliphatic heterocycles. The molecule has 0 saturated heterocycles. The highest BCUT2D eigenvalue weighted by Gasteiger charge is 2.31. The molecule has 178 valence electrons. The SMILES string of the molecule is CCCNC(=O)[C@H](Cc1ccccc1)N(Cc1ccccc1F)C(=O)COc1ccc(Br)cc1. The molecule has 0 unspecified atom stereocenters. The molecule has 1 N–H and O–H groups in total. The Bertz CT molecular complexity index is 1080. The zero-order valence-electron chi connectivity index (χ0n) is 19.0.